The fraction of sp³-hybridized carbons (Fsp3) is 0. The summed E-state index contributed by atoms with van der Waals surface area (Å²) in [7, 11) is 0. The summed E-state index contributed by atoms with van der Waals surface area (Å²) in [4.78, 5) is 0. The number of rotatable bonds is 1. The first-order chi connectivity index (χ1) is 6.95. The molecule has 14 heavy (non-hydrogen) atoms. The smallest absolute Gasteiger partial charge is 0.294 e. The molecule has 3 heterocycles. The first kappa shape index (κ1) is 7.38. The van der Waals surface area contributed by atoms with Crippen LogP contribution in [0.1, 0.15) is 0 Å². The van der Waals surface area contributed by atoms with Crippen LogP contribution in [0.4, 0.5) is 0 Å². The monoisotopic (exact) mass is 185 g/mol. The van der Waals surface area contributed by atoms with E-state index in [2.05, 4.69) is 0 Å². The summed E-state index contributed by atoms with van der Waals surface area (Å²) in [6, 6.07) is 9.87. The summed E-state index contributed by atoms with van der Waals surface area (Å²) in [5.74, 6) is 0.832. The molecule has 0 saturated carbocycles. The third kappa shape index (κ3) is 0.956. The van der Waals surface area contributed by atoms with Crippen molar-refractivity contribution in [1.82, 2.24) is 4.57 Å². The second-order valence-electron chi connectivity index (χ2n) is 3.09. The predicted octanol–water partition coefficient (Wildman–Crippen LogP) is 1.81. The van der Waals surface area contributed by atoms with Crippen molar-refractivity contribution in [3.05, 3.63) is 55.2 Å². The Kier molecular flexibility index (Phi) is 1.44. The van der Waals surface area contributed by atoms with E-state index in [9.17, 15) is 0 Å². The van der Waals surface area contributed by atoms with E-state index in [-0.39, 0.29) is 0 Å². The Labute approximate surface area is 80.8 Å². The number of hydrogen-bond donors (Lipinski definition) is 0. The molecule has 0 aromatic carbocycles. The van der Waals surface area contributed by atoms with Crippen molar-refractivity contribution in [2.75, 3.05) is 0 Å². The average Bonchev–Trinajstić information content (AvgIpc) is 2.85. The van der Waals surface area contributed by atoms with Gasteiger partial charge in [0.15, 0.2) is 0 Å². The lowest BCUT2D eigenvalue weighted by Crippen LogP contribution is -2.17. The molecule has 0 saturated heterocycles. The molecule has 0 N–H and O–H groups in total. The van der Waals surface area contributed by atoms with Gasteiger partial charge in [0.1, 0.15) is 12.4 Å². The Balaban J connectivity index is 2.33. The highest BCUT2D eigenvalue weighted by Gasteiger charge is 2.11. The van der Waals surface area contributed by atoms with Gasteiger partial charge in [-0.1, -0.05) is 6.07 Å². The van der Waals surface area contributed by atoms with Gasteiger partial charge in [-0.15, -0.1) is 0 Å². The highest BCUT2D eigenvalue weighted by Crippen LogP contribution is 2.10. The molecule has 0 amide bonds. The molecule has 0 aliphatic carbocycles. The minimum atomic E-state index is 0.832. The van der Waals surface area contributed by atoms with Gasteiger partial charge in [0.25, 0.3) is 11.5 Å². The third-order valence-corrected chi connectivity index (χ3v) is 2.23. The number of imidazole rings is 1. The van der Waals surface area contributed by atoms with E-state index in [0.29, 0.717) is 0 Å². The molecule has 0 fully saturated rings. The van der Waals surface area contributed by atoms with Crippen LogP contribution in [0.3, 0.4) is 0 Å². The SMILES string of the molecule is c1coc(-n2cc[n+]3ccccc23)c1. The van der Waals surface area contributed by atoms with E-state index < -0.39 is 0 Å². The zero-order chi connectivity index (χ0) is 9.38. The first-order valence-electron chi connectivity index (χ1n) is 4.46. The van der Waals surface area contributed by atoms with Gasteiger partial charge in [-0.2, -0.15) is 4.57 Å². The first-order valence-corrected chi connectivity index (χ1v) is 4.46. The van der Waals surface area contributed by atoms with E-state index in [1.54, 1.807) is 6.26 Å². The Hall–Kier alpha value is -2.03. The van der Waals surface area contributed by atoms with Crippen molar-refractivity contribution >= 4 is 5.65 Å². The summed E-state index contributed by atoms with van der Waals surface area (Å²) in [6.07, 6.45) is 7.66. The quantitative estimate of drug-likeness (QED) is 0.530. The maximum Gasteiger partial charge on any atom is 0.294 e. The molecule has 3 rings (SSSR count). The second-order valence-corrected chi connectivity index (χ2v) is 3.09. The van der Waals surface area contributed by atoms with Crippen LogP contribution < -0.4 is 4.40 Å². The zero-order valence-corrected chi connectivity index (χ0v) is 7.50. The molecule has 0 spiro atoms. The normalized spacial score (nSPS) is 10.9. The summed E-state index contributed by atoms with van der Waals surface area (Å²) in [5.41, 5.74) is 1.09. The predicted molar refractivity (Wildman–Crippen MR) is 51.2 cm³/mol. The van der Waals surface area contributed by atoms with E-state index in [0.717, 1.165) is 11.5 Å². The molecule has 3 heteroatoms. The van der Waals surface area contributed by atoms with Crippen molar-refractivity contribution < 1.29 is 8.82 Å². The van der Waals surface area contributed by atoms with E-state index in [1.807, 2.05) is 57.9 Å². The topological polar surface area (TPSA) is 22.2 Å². The minimum absolute atomic E-state index is 0.832. The maximum absolute atomic E-state index is 5.34. The lowest BCUT2D eigenvalue weighted by Gasteiger charge is -1.90. The van der Waals surface area contributed by atoms with E-state index in [1.165, 1.54) is 0 Å². The van der Waals surface area contributed by atoms with Gasteiger partial charge >= 0.3 is 0 Å². The highest BCUT2D eigenvalue weighted by atomic mass is 16.3. The second kappa shape index (κ2) is 2.73. The highest BCUT2D eigenvalue weighted by molar-refractivity contribution is 5.38. The van der Waals surface area contributed by atoms with Crippen LogP contribution in [0.2, 0.25) is 0 Å². The van der Waals surface area contributed by atoms with Crippen LogP contribution in [-0.4, -0.2) is 4.57 Å². The number of hydrogen-bond acceptors (Lipinski definition) is 1. The molecule has 3 aromatic heterocycles. The lowest BCUT2D eigenvalue weighted by molar-refractivity contribution is -0.510. The molecule has 0 bridgehead atoms. The molecule has 0 atom stereocenters. The largest absolute Gasteiger partial charge is 0.431 e. The standard InChI is InChI=1S/C11H9N2O/c1-2-6-12-7-8-13(10(12)4-1)11-5-3-9-14-11/h1-9H/q+1. The van der Waals surface area contributed by atoms with Crippen LogP contribution in [0.5, 0.6) is 0 Å². The fourth-order valence-corrected chi connectivity index (χ4v) is 1.59. The number of furan rings is 1. The van der Waals surface area contributed by atoms with E-state index >= 15 is 0 Å². The molecule has 0 aliphatic heterocycles. The van der Waals surface area contributed by atoms with Gasteiger partial charge in [-0.25, -0.2) is 4.40 Å². The summed E-state index contributed by atoms with van der Waals surface area (Å²) < 4.78 is 9.38. The zero-order valence-electron chi connectivity index (χ0n) is 7.50. The maximum atomic E-state index is 5.34. The van der Waals surface area contributed by atoms with Gasteiger partial charge < -0.3 is 4.42 Å². The van der Waals surface area contributed by atoms with Crippen molar-refractivity contribution in [3.63, 3.8) is 0 Å². The molecule has 0 radical (unpaired) electrons. The molecule has 68 valence electrons. The Bertz CT molecular complexity index is 551. The molecule has 0 unspecified atom stereocenters. The van der Waals surface area contributed by atoms with Crippen LogP contribution in [0.25, 0.3) is 11.5 Å². The molecule has 3 aromatic rings. The number of pyridine rings is 1. The number of fused-ring (bicyclic) bond motifs is 1. The van der Waals surface area contributed by atoms with Gasteiger partial charge in [-0.3, -0.25) is 0 Å². The molecular weight excluding hydrogens is 176 g/mol. The molecular formula is C11H9N2O+. The van der Waals surface area contributed by atoms with Crippen LogP contribution in [0.15, 0.2) is 59.6 Å². The molecule has 3 nitrogen and oxygen atoms in total. The van der Waals surface area contributed by atoms with Crippen LogP contribution in [0, 0.1) is 0 Å². The van der Waals surface area contributed by atoms with Gasteiger partial charge in [0, 0.05) is 12.1 Å². The van der Waals surface area contributed by atoms with Crippen molar-refractivity contribution in [2.45, 2.75) is 0 Å². The number of nitrogens with zero attached hydrogens (tertiary/aromatic N) is 2. The summed E-state index contributed by atoms with van der Waals surface area (Å²) in [6.45, 7) is 0. The van der Waals surface area contributed by atoms with Gasteiger partial charge in [0.05, 0.1) is 12.5 Å². The fourth-order valence-electron chi connectivity index (χ4n) is 1.59. The lowest BCUT2D eigenvalue weighted by atomic mass is 10.5. The summed E-state index contributed by atoms with van der Waals surface area (Å²) in [5, 5.41) is 0. The minimum Gasteiger partial charge on any atom is -0.431 e. The van der Waals surface area contributed by atoms with Gasteiger partial charge in [-0.05, 0) is 12.1 Å². The van der Waals surface area contributed by atoms with Gasteiger partial charge in [0.2, 0.25) is 0 Å². The van der Waals surface area contributed by atoms with E-state index in [4.69, 9.17) is 4.42 Å². The molecule has 0 aliphatic rings. The Morgan fingerprint density at radius 1 is 1.07 bits per heavy atom. The van der Waals surface area contributed by atoms with Crippen molar-refractivity contribution in [2.24, 2.45) is 0 Å². The van der Waals surface area contributed by atoms with Crippen molar-refractivity contribution in [3.8, 4) is 5.88 Å². The Morgan fingerprint density at radius 3 is 2.93 bits per heavy atom. The number of aromatic nitrogens is 2. The van der Waals surface area contributed by atoms with Crippen LogP contribution in [-0.2, 0) is 0 Å². The Morgan fingerprint density at radius 2 is 2.07 bits per heavy atom. The van der Waals surface area contributed by atoms with Crippen molar-refractivity contribution in [1.29, 1.82) is 0 Å². The average molecular weight is 185 g/mol. The van der Waals surface area contributed by atoms with Crippen LogP contribution >= 0.6 is 0 Å². The third-order valence-electron chi connectivity index (χ3n) is 2.23. The summed E-state index contributed by atoms with van der Waals surface area (Å²) >= 11 is 0.